The van der Waals surface area contributed by atoms with Crippen molar-refractivity contribution >= 4 is 5.95 Å². The first-order valence-electron chi connectivity index (χ1n) is 6.97. The molecule has 100 valence electrons. The van der Waals surface area contributed by atoms with Crippen molar-refractivity contribution in [3.05, 3.63) is 30.3 Å². The average Bonchev–Trinajstić information content (AvgIpc) is 3.15. The zero-order valence-corrected chi connectivity index (χ0v) is 11.2. The number of benzene rings is 1. The van der Waals surface area contributed by atoms with Crippen LogP contribution in [0.15, 0.2) is 30.3 Å². The zero-order valence-electron chi connectivity index (χ0n) is 11.2. The standard InChI is InChI=1S/C14H19N5/c1-2-12(10-11-8-9-11)15-14-16-17-18-19(14)13-6-4-3-5-7-13/h3-7,11-12H,2,8-10H2,1H3,(H,15,16,18). The van der Waals surface area contributed by atoms with E-state index >= 15 is 0 Å². The summed E-state index contributed by atoms with van der Waals surface area (Å²) >= 11 is 0. The lowest BCUT2D eigenvalue weighted by molar-refractivity contribution is 0.580. The van der Waals surface area contributed by atoms with Crippen LogP contribution in [0.1, 0.15) is 32.6 Å². The second-order valence-corrected chi connectivity index (χ2v) is 5.18. The molecule has 2 aromatic rings. The van der Waals surface area contributed by atoms with E-state index in [9.17, 15) is 0 Å². The Morgan fingerprint density at radius 3 is 2.79 bits per heavy atom. The Bertz CT molecular complexity index is 518. The van der Waals surface area contributed by atoms with E-state index in [4.69, 9.17) is 0 Å². The van der Waals surface area contributed by atoms with Crippen molar-refractivity contribution in [2.45, 2.75) is 38.6 Å². The van der Waals surface area contributed by atoms with E-state index < -0.39 is 0 Å². The zero-order chi connectivity index (χ0) is 13.1. The fourth-order valence-corrected chi connectivity index (χ4v) is 2.29. The third-order valence-corrected chi connectivity index (χ3v) is 3.61. The topological polar surface area (TPSA) is 55.6 Å². The minimum Gasteiger partial charge on any atom is -0.350 e. The normalized spacial score (nSPS) is 16.3. The van der Waals surface area contributed by atoms with Crippen molar-refractivity contribution in [1.29, 1.82) is 0 Å². The Morgan fingerprint density at radius 2 is 2.11 bits per heavy atom. The molecule has 0 spiro atoms. The maximum Gasteiger partial charge on any atom is 0.247 e. The first-order chi connectivity index (χ1) is 9.36. The van der Waals surface area contributed by atoms with Gasteiger partial charge in [0.05, 0.1) is 5.69 Å². The summed E-state index contributed by atoms with van der Waals surface area (Å²) in [4.78, 5) is 0. The molecule has 0 radical (unpaired) electrons. The molecule has 5 heteroatoms. The van der Waals surface area contributed by atoms with Crippen LogP contribution in [-0.4, -0.2) is 26.2 Å². The number of tetrazole rings is 1. The lowest BCUT2D eigenvalue weighted by Crippen LogP contribution is -2.21. The van der Waals surface area contributed by atoms with E-state index in [1.807, 2.05) is 30.3 Å². The van der Waals surface area contributed by atoms with E-state index in [1.54, 1.807) is 4.68 Å². The maximum absolute atomic E-state index is 4.10. The van der Waals surface area contributed by atoms with Gasteiger partial charge in [-0.05, 0) is 41.3 Å². The lowest BCUT2D eigenvalue weighted by atomic mass is 10.1. The van der Waals surface area contributed by atoms with Gasteiger partial charge in [-0.15, -0.1) is 0 Å². The molecule has 1 unspecified atom stereocenters. The molecule has 1 fully saturated rings. The van der Waals surface area contributed by atoms with Crippen LogP contribution in [0.5, 0.6) is 0 Å². The van der Waals surface area contributed by atoms with Crippen molar-refractivity contribution in [3.8, 4) is 5.69 Å². The molecule has 3 rings (SSSR count). The molecule has 1 atom stereocenters. The monoisotopic (exact) mass is 257 g/mol. The molecular formula is C14H19N5. The molecule has 0 saturated heterocycles. The van der Waals surface area contributed by atoms with Crippen molar-refractivity contribution in [3.63, 3.8) is 0 Å². The summed E-state index contributed by atoms with van der Waals surface area (Å²) in [5, 5.41) is 15.4. The highest BCUT2D eigenvalue weighted by Gasteiger charge is 2.25. The van der Waals surface area contributed by atoms with Gasteiger partial charge in [-0.25, -0.2) is 0 Å². The Balaban J connectivity index is 1.75. The van der Waals surface area contributed by atoms with Crippen molar-refractivity contribution < 1.29 is 0 Å². The molecule has 1 aromatic carbocycles. The van der Waals surface area contributed by atoms with Crippen LogP contribution in [0.2, 0.25) is 0 Å². The van der Waals surface area contributed by atoms with Gasteiger partial charge in [-0.1, -0.05) is 43.1 Å². The summed E-state index contributed by atoms with van der Waals surface area (Å²) in [5.41, 5.74) is 0.983. The third kappa shape index (κ3) is 2.92. The first kappa shape index (κ1) is 12.1. The number of nitrogens with zero attached hydrogens (tertiary/aromatic N) is 4. The number of rotatable bonds is 6. The van der Waals surface area contributed by atoms with Crippen molar-refractivity contribution in [1.82, 2.24) is 20.2 Å². The SMILES string of the molecule is CCC(CC1CC1)Nc1nnnn1-c1ccccc1. The maximum atomic E-state index is 4.10. The van der Waals surface area contributed by atoms with E-state index in [2.05, 4.69) is 27.8 Å². The number of hydrogen-bond donors (Lipinski definition) is 1. The quantitative estimate of drug-likeness (QED) is 0.864. The van der Waals surface area contributed by atoms with Gasteiger partial charge in [0.15, 0.2) is 0 Å². The van der Waals surface area contributed by atoms with Gasteiger partial charge < -0.3 is 5.32 Å². The van der Waals surface area contributed by atoms with Crippen LogP contribution < -0.4 is 5.32 Å². The minimum atomic E-state index is 0.459. The average molecular weight is 257 g/mol. The second kappa shape index (κ2) is 5.38. The van der Waals surface area contributed by atoms with E-state index in [0.717, 1.165) is 24.0 Å². The van der Waals surface area contributed by atoms with Crippen LogP contribution in [0.25, 0.3) is 5.69 Å². The van der Waals surface area contributed by atoms with Crippen LogP contribution in [0.4, 0.5) is 5.95 Å². The van der Waals surface area contributed by atoms with Gasteiger partial charge >= 0.3 is 0 Å². The molecule has 0 aliphatic heterocycles. The highest BCUT2D eigenvalue weighted by molar-refractivity contribution is 5.38. The summed E-state index contributed by atoms with van der Waals surface area (Å²) in [7, 11) is 0. The smallest absolute Gasteiger partial charge is 0.247 e. The van der Waals surface area contributed by atoms with Crippen LogP contribution >= 0.6 is 0 Å². The fraction of sp³-hybridized carbons (Fsp3) is 0.500. The number of hydrogen-bond acceptors (Lipinski definition) is 4. The highest BCUT2D eigenvalue weighted by atomic mass is 15.6. The summed E-state index contributed by atoms with van der Waals surface area (Å²) in [5.74, 6) is 1.64. The third-order valence-electron chi connectivity index (χ3n) is 3.61. The summed E-state index contributed by atoms with van der Waals surface area (Å²) in [6.45, 7) is 2.21. The molecule has 5 nitrogen and oxygen atoms in total. The van der Waals surface area contributed by atoms with Gasteiger partial charge in [0.2, 0.25) is 5.95 Å². The second-order valence-electron chi connectivity index (χ2n) is 5.18. The van der Waals surface area contributed by atoms with E-state index in [-0.39, 0.29) is 0 Å². The Kier molecular flexibility index (Phi) is 3.44. The number of aromatic nitrogens is 4. The number of para-hydroxylation sites is 1. The van der Waals surface area contributed by atoms with Crippen molar-refractivity contribution in [2.75, 3.05) is 5.32 Å². The molecule has 1 aliphatic carbocycles. The van der Waals surface area contributed by atoms with Gasteiger partial charge in [0.1, 0.15) is 0 Å². The molecule has 1 aliphatic rings. The first-order valence-corrected chi connectivity index (χ1v) is 6.97. The van der Waals surface area contributed by atoms with Crippen LogP contribution in [-0.2, 0) is 0 Å². The van der Waals surface area contributed by atoms with Gasteiger partial charge in [0.25, 0.3) is 0 Å². The Labute approximate surface area is 113 Å². The molecule has 1 heterocycles. The molecule has 1 saturated carbocycles. The number of anilines is 1. The summed E-state index contributed by atoms with van der Waals surface area (Å²) in [6.07, 6.45) is 5.07. The molecule has 0 amide bonds. The van der Waals surface area contributed by atoms with Gasteiger partial charge in [-0.2, -0.15) is 4.68 Å². The van der Waals surface area contributed by atoms with Crippen LogP contribution in [0.3, 0.4) is 0 Å². The predicted octanol–water partition coefficient (Wildman–Crippen LogP) is 2.65. The minimum absolute atomic E-state index is 0.459. The fourth-order valence-electron chi connectivity index (χ4n) is 2.29. The highest BCUT2D eigenvalue weighted by Crippen LogP contribution is 2.34. The molecule has 1 aromatic heterocycles. The Hall–Kier alpha value is -1.91. The van der Waals surface area contributed by atoms with E-state index in [1.165, 1.54) is 19.3 Å². The summed E-state index contributed by atoms with van der Waals surface area (Å²) in [6, 6.07) is 10.4. The van der Waals surface area contributed by atoms with Crippen LogP contribution in [0, 0.1) is 5.92 Å². The van der Waals surface area contributed by atoms with E-state index in [0.29, 0.717) is 6.04 Å². The number of nitrogens with one attached hydrogen (secondary N) is 1. The largest absolute Gasteiger partial charge is 0.350 e. The molecule has 1 N–H and O–H groups in total. The van der Waals surface area contributed by atoms with Gasteiger partial charge in [-0.3, -0.25) is 0 Å². The van der Waals surface area contributed by atoms with Gasteiger partial charge in [0, 0.05) is 6.04 Å². The molecule has 19 heavy (non-hydrogen) atoms. The molecular weight excluding hydrogens is 238 g/mol. The Morgan fingerprint density at radius 1 is 1.32 bits per heavy atom. The summed E-state index contributed by atoms with van der Waals surface area (Å²) < 4.78 is 1.76. The lowest BCUT2D eigenvalue weighted by Gasteiger charge is -2.16. The predicted molar refractivity (Wildman–Crippen MR) is 74.2 cm³/mol. The van der Waals surface area contributed by atoms with Crippen molar-refractivity contribution in [2.24, 2.45) is 5.92 Å². The molecule has 0 bridgehead atoms.